The molecule has 0 saturated carbocycles. The van der Waals surface area contributed by atoms with E-state index in [1.807, 2.05) is 6.92 Å². The molecule has 0 radical (unpaired) electrons. The smallest absolute Gasteiger partial charge is 0.309 e. The van der Waals surface area contributed by atoms with Gasteiger partial charge in [0.1, 0.15) is 6.61 Å². The summed E-state index contributed by atoms with van der Waals surface area (Å²) in [5.74, 6) is -0.136. The Labute approximate surface area is 53.6 Å². The normalized spacial score (nSPS) is 37.5. The van der Waals surface area contributed by atoms with Crippen LogP contribution in [-0.2, 0) is 9.53 Å². The van der Waals surface area contributed by atoms with Crippen molar-refractivity contribution in [2.75, 3.05) is 6.61 Å². The van der Waals surface area contributed by atoms with Crippen molar-refractivity contribution in [1.82, 2.24) is 0 Å². The number of carbonyl (C=O) groups excluding carboxylic acids is 1. The van der Waals surface area contributed by atoms with Crippen molar-refractivity contribution in [2.45, 2.75) is 12.2 Å². The van der Waals surface area contributed by atoms with Gasteiger partial charge in [0.05, 0.1) is 5.92 Å². The van der Waals surface area contributed by atoms with Crippen LogP contribution in [-0.4, -0.2) is 17.8 Å². The molecule has 0 aromatic heterocycles. The average Bonchev–Trinajstić information content (AvgIpc) is 1.98. The number of hydrogen-bond acceptors (Lipinski definition) is 3. The lowest BCUT2D eigenvalue weighted by atomic mass is 10.1. The molecule has 2 atom stereocenters. The second-order valence-electron chi connectivity index (χ2n) is 1.99. The van der Waals surface area contributed by atoms with Gasteiger partial charge in [-0.25, -0.2) is 0 Å². The quantitative estimate of drug-likeness (QED) is 0.383. The molecular weight excluding hydrogens is 124 g/mol. The van der Waals surface area contributed by atoms with E-state index in [-0.39, 0.29) is 17.1 Å². The lowest BCUT2D eigenvalue weighted by molar-refractivity contribution is -0.140. The molecule has 0 unspecified atom stereocenters. The highest BCUT2D eigenvalue weighted by Gasteiger charge is 2.29. The molecular formula is C5H8O2S. The molecule has 0 bridgehead atoms. The molecule has 1 aliphatic heterocycles. The van der Waals surface area contributed by atoms with Gasteiger partial charge in [0.15, 0.2) is 0 Å². The van der Waals surface area contributed by atoms with Crippen LogP contribution < -0.4 is 0 Å². The standard InChI is InChI=1S/C5H8O2S/c1-3-4(8)2-7-5(3)6/h3-4,8H,2H2,1H3/t3-,4-/m1/s1. The number of esters is 1. The van der Waals surface area contributed by atoms with E-state index in [0.717, 1.165) is 0 Å². The van der Waals surface area contributed by atoms with Crippen LogP contribution in [0.4, 0.5) is 0 Å². The van der Waals surface area contributed by atoms with Crippen LogP contribution in [0.15, 0.2) is 0 Å². The molecule has 0 aromatic carbocycles. The third-order valence-electron chi connectivity index (χ3n) is 1.35. The van der Waals surface area contributed by atoms with Gasteiger partial charge in [-0.05, 0) is 0 Å². The summed E-state index contributed by atoms with van der Waals surface area (Å²) in [7, 11) is 0. The Hall–Kier alpha value is -0.180. The monoisotopic (exact) mass is 132 g/mol. The van der Waals surface area contributed by atoms with E-state index < -0.39 is 0 Å². The molecule has 0 aliphatic carbocycles. The van der Waals surface area contributed by atoms with E-state index >= 15 is 0 Å². The predicted octanol–water partition coefficient (Wildman–Crippen LogP) is 0.478. The number of carbonyl (C=O) groups is 1. The number of hydrogen-bond donors (Lipinski definition) is 1. The summed E-state index contributed by atoms with van der Waals surface area (Å²) in [6, 6.07) is 0. The summed E-state index contributed by atoms with van der Waals surface area (Å²) in [5, 5.41) is 0.113. The van der Waals surface area contributed by atoms with Crippen molar-refractivity contribution < 1.29 is 9.53 Å². The Kier molecular flexibility index (Phi) is 1.47. The number of cyclic esters (lactones) is 1. The maximum absolute atomic E-state index is 10.5. The van der Waals surface area contributed by atoms with Gasteiger partial charge in [-0.3, -0.25) is 4.79 Å². The van der Waals surface area contributed by atoms with Gasteiger partial charge in [0, 0.05) is 5.25 Å². The van der Waals surface area contributed by atoms with Gasteiger partial charge in [0.25, 0.3) is 0 Å². The van der Waals surface area contributed by atoms with E-state index in [9.17, 15) is 4.79 Å². The molecule has 3 heteroatoms. The van der Waals surface area contributed by atoms with Gasteiger partial charge in [-0.15, -0.1) is 0 Å². The Bertz CT molecular complexity index is 113. The summed E-state index contributed by atoms with van der Waals surface area (Å²) in [5.41, 5.74) is 0. The highest BCUT2D eigenvalue weighted by Crippen LogP contribution is 2.18. The Morgan fingerprint density at radius 2 is 2.50 bits per heavy atom. The molecule has 1 saturated heterocycles. The molecule has 2 nitrogen and oxygen atoms in total. The second-order valence-corrected chi connectivity index (χ2v) is 2.65. The van der Waals surface area contributed by atoms with Crippen molar-refractivity contribution in [1.29, 1.82) is 0 Å². The number of thiol groups is 1. The van der Waals surface area contributed by atoms with Gasteiger partial charge in [0.2, 0.25) is 0 Å². The van der Waals surface area contributed by atoms with Gasteiger partial charge in [-0.1, -0.05) is 6.92 Å². The molecule has 8 heavy (non-hydrogen) atoms. The average molecular weight is 132 g/mol. The van der Waals surface area contributed by atoms with Crippen LogP contribution in [0.3, 0.4) is 0 Å². The van der Waals surface area contributed by atoms with Crippen LogP contribution in [0.5, 0.6) is 0 Å². The fraction of sp³-hybridized carbons (Fsp3) is 0.800. The Morgan fingerprint density at radius 1 is 1.88 bits per heavy atom. The molecule has 46 valence electrons. The zero-order valence-electron chi connectivity index (χ0n) is 4.63. The SMILES string of the molecule is C[C@H]1C(=O)OC[C@H]1S. The van der Waals surface area contributed by atoms with Crippen LogP contribution in [0, 0.1) is 5.92 Å². The highest BCUT2D eigenvalue weighted by molar-refractivity contribution is 7.81. The third-order valence-corrected chi connectivity index (χ3v) is 1.94. The summed E-state index contributed by atoms with van der Waals surface area (Å²) in [6.45, 7) is 2.30. The summed E-state index contributed by atoms with van der Waals surface area (Å²) >= 11 is 4.10. The zero-order valence-corrected chi connectivity index (χ0v) is 5.52. The first-order valence-electron chi connectivity index (χ1n) is 2.56. The maximum Gasteiger partial charge on any atom is 0.309 e. The van der Waals surface area contributed by atoms with Crippen molar-refractivity contribution in [3.8, 4) is 0 Å². The molecule has 0 amide bonds. The van der Waals surface area contributed by atoms with Crippen LogP contribution in [0.1, 0.15) is 6.92 Å². The molecule has 1 heterocycles. The van der Waals surface area contributed by atoms with Crippen molar-refractivity contribution in [3.63, 3.8) is 0 Å². The Morgan fingerprint density at radius 3 is 2.62 bits per heavy atom. The molecule has 0 N–H and O–H groups in total. The first-order chi connectivity index (χ1) is 3.72. The van der Waals surface area contributed by atoms with Crippen molar-refractivity contribution in [3.05, 3.63) is 0 Å². The van der Waals surface area contributed by atoms with Crippen LogP contribution >= 0.6 is 12.6 Å². The lowest BCUT2D eigenvalue weighted by Gasteiger charge is -1.97. The summed E-state index contributed by atoms with van der Waals surface area (Å²) < 4.78 is 4.66. The molecule has 0 aromatic rings. The molecule has 1 aliphatic rings. The van der Waals surface area contributed by atoms with Gasteiger partial charge >= 0.3 is 5.97 Å². The van der Waals surface area contributed by atoms with Gasteiger partial charge < -0.3 is 4.74 Å². The fourth-order valence-electron chi connectivity index (χ4n) is 0.600. The minimum absolute atomic E-state index is 0.0154. The lowest BCUT2D eigenvalue weighted by Crippen LogP contribution is -2.10. The number of ether oxygens (including phenoxy) is 1. The topological polar surface area (TPSA) is 26.3 Å². The highest BCUT2D eigenvalue weighted by atomic mass is 32.1. The van der Waals surface area contributed by atoms with E-state index in [2.05, 4.69) is 17.4 Å². The van der Waals surface area contributed by atoms with Crippen molar-refractivity contribution in [2.24, 2.45) is 5.92 Å². The van der Waals surface area contributed by atoms with E-state index in [1.165, 1.54) is 0 Å². The van der Waals surface area contributed by atoms with Crippen LogP contribution in [0.25, 0.3) is 0 Å². The first kappa shape index (κ1) is 5.95. The third kappa shape index (κ3) is 0.823. The summed E-state index contributed by atoms with van der Waals surface area (Å²) in [4.78, 5) is 10.5. The molecule has 0 spiro atoms. The minimum atomic E-state index is -0.120. The fourth-order valence-corrected chi connectivity index (χ4v) is 0.797. The predicted molar refractivity (Wildman–Crippen MR) is 32.9 cm³/mol. The van der Waals surface area contributed by atoms with Crippen molar-refractivity contribution >= 4 is 18.6 Å². The molecule has 1 fully saturated rings. The second kappa shape index (κ2) is 1.97. The van der Waals surface area contributed by atoms with E-state index in [4.69, 9.17) is 0 Å². The minimum Gasteiger partial charge on any atom is -0.464 e. The van der Waals surface area contributed by atoms with Crippen LogP contribution in [0.2, 0.25) is 0 Å². The summed E-state index contributed by atoms with van der Waals surface area (Å²) in [6.07, 6.45) is 0. The zero-order chi connectivity index (χ0) is 6.15. The Balaban J connectivity index is 2.56. The largest absolute Gasteiger partial charge is 0.464 e. The maximum atomic E-state index is 10.5. The van der Waals surface area contributed by atoms with Gasteiger partial charge in [-0.2, -0.15) is 12.6 Å². The van der Waals surface area contributed by atoms with E-state index in [0.29, 0.717) is 6.61 Å². The number of rotatable bonds is 0. The molecule has 1 rings (SSSR count). The van der Waals surface area contributed by atoms with E-state index in [1.54, 1.807) is 0 Å². The first-order valence-corrected chi connectivity index (χ1v) is 3.08.